The monoisotopic (exact) mass is 437 g/mol. The number of rotatable bonds is 8. The molecule has 0 saturated heterocycles. The number of nitriles is 1. The van der Waals surface area contributed by atoms with Gasteiger partial charge in [0.15, 0.2) is 0 Å². The molecule has 0 aliphatic heterocycles. The molecule has 0 radical (unpaired) electrons. The molecular weight excluding hydrogens is 415 g/mol. The van der Waals surface area contributed by atoms with Crippen LogP contribution in [-0.4, -0.2) is 50.0 Å². The van der Waals surface area contributed by atoms with Crippen molar-refractivity contribution >= 4 is 11.8 Å². The lowest BCUT2D eigenvalue weighted by atomic mass is 9.64. The predicted molar refractivity (Wildman–Crippen MR) is 104 cm³/mol. The van der Waals surface area contributed by atoms with E-state index in [0.29, 0.717) is 17.8 Å². The summed E-state index contributed by atoms with van der Waals surface area (Å²) in [5.74, 6) is 0.559. The second-order valence-corrected chi connectivity index (χ2v) is 7.76. The van der Waals surface area contributed by atoms with Crippen LogP contribution in [0.2, 0.25) is 0 Å². The van der Waals surface area contributed by atoms with E-state index in [1.807, 2.05) is 19.9 Å². The number of halogens is 3. The molecule has 1 fully saturated rings. The average molecular weight is 437 g/mol. The molecule has 1 unspecified atom stereocenters. The number of ether oxygens (including phenoxy) is 1. The summed E-state index contributed by atoms with van der Waals surface area (Å²) in [6.45, 7) is 3.38. The van der Waals surface area contributed by atoms with Crippen LogP contribution in [-0.2, 0) is 6.54 Å². The van der Waals surface area contributed by atoms with Crippen molar-refractivity contribution in [2.24, 2.45) is 5.41 Å². The second-order valence-electron chi connectivity index (χ2n) is 7.76. The molecule has 0 aromatic carbocycles. The molecule has 0 spiro atoms. The Labute approximate surface area is 176 Å². The first-order valence-corrected chi connectivity index (χ1v) is 9.54. The predicted octanol–water partition coefficient (Wildman–Crippen LogP) is 2.65. The van der Waals surface area contributed by atoms with Gasteiger partial charge in [-0.15, -0.1) is 0 Å². The first-order chi connectivity index (χ1) is 14.6. The van der Waals surface area contributed by atoms with Crippen molar-refractivity contribution in [3.63, 3.8) is 0 Å². The first-order valence-electron chi connectivity index (χ1n) is 9.54. The lowest BCUT2D eigenvalue weighted by Crippen LogP contribution is -2.57. The fourth-order valence-electron chi connectivity index (χ4n) is 3.01. The van der Waals surface area contributed by atoms with Crippen LogP contribution >= 0.6 is 0 Å². The number of hydrogen-bond acceptors (Lipinski definition) is 9. The Morgan fingerprint density at radius 1 is 1.32 bits per heavy atom. The number of alkyl halides is 3. The van der Waals surface area contributed by atoms with Gasteiger partial charge in [0.25, 0.3) is 0 Å². The van der Waals surface area contributed by atoms with Crippen LogP contribution in [0.4, 0.5) is 24.9 Å². The SMILES string of the molecule is CC1(C)C(O)C[C@@H]1Nc1nc(NCc2cncnc2OCCC(F)(F)F)ncc1C#N. The Kier molecular flexibility index (Phi) is 6.45. The van der Waals surface area contributed by atoms with Gasteiger partial charge in [-0.25, -0.2) is 15.0 Å². The third-order valence-electron chi connectivity index (χ3n) is 5.24. The molecule has 2 atom stereocenters. The first kappa shape index (κ1) is 22.5. The molecule has 2 heterocycles. The standard InChI is InChI=1S/C19H22F3N7O2/c1-18(2)13(5-14(18)30)28-15-11(6-23)8-25-17(29-15)26-9-12-7-24-10-27-16(12)31-4-3-19(20,21)22/h7-8,10,13-14,30H,3-5,9H2,1-2H3,(H2,25,26,28,29)/t13-,14?/m0/s1. The summed E-state index contributed by atoms with van der Waals surface area (Å²) in [5.41, 5.74) is 0.312. The van der Waals surface area contributed by atoms with Crippen molar-refractivity contribution in [1.82, 2.24) is 19.9 Å². The van der Waals surface area contributed by atoms with Crippen LogP contribution in [0.25, 0.3) is 0 Å². The van der Waals surface area contributed by atoms with E-state index >= 15 is 0 Å². The Hall–Kier alpha value is -3.20. The van der Waals surface area contributed by atoms with Crippen molar-refractivity contribution in [3.8, 4) is 11.9 Å². The zero-order chi connectivity index (χ0) is 22.6. The zero-order valence-corrected chi connectivity index (χ0v) is 16.9. The summed E-state index contributed by atoms with van der Waals surface area (Å²) in [4.78, 5) is 16.2. The summed E-state index contributed by atoms with van der Waals surface area (Å²) in [6.07, 6.45) is -1.36. The van der Waals surface area contributed by atoms with Gasteiger partial charge in [0.2, 0.25) is 11.8 Å². The lowest BCUT2D eigenvalue weighted by Gasteiger charge is -2.49. The molecule has 3 N–H and O–H groups in total. The maximum atomic E-state index is 12.3. The molecule has 166 valence electrons. The Morgan fingerprint density at radius 2 is 2.10 bits per heavy atom. The van der Waals surface area contributed by atoms with Gasteiger partial charge in [0.05, 0.1) is 30.9 Å². The summed E-state index contributed by atoms with van der Waals surface area (Å²) in [7, 11) is 0. The van der Waals surface area contributed by atoms with Gasteiger partial charge in [-0.3, -0.25) is 0 Å². The number of aromatic nitrogens is 4. The Morgan fingerprint density at radius 3 is 2.74 bits per heavy atom. The summed E-state index contributed by atoms with van der Waals surface area (Å²) < 4.78 is 42.1. The van der Waals surface area contributed by atoms with E-state index in [1.54, 1.807) is 0 Å². The minimum absolute atomic E-state index is 0.0314. The lowest BCUT2D eigenvalue weighted by molar-refractivity contribution is -0.139. The highest BCUT2D eigenvalue weighted by Crippen LogP contribution is 2.42. The number of anilines is 2. The highest BCUT2D eigenvalue weighted by atomic mass is 19.4. The van der Waals surface area contributed by atoms with Gasteiger partial charge in [0.1, 0.15) is 23.8 Å². The van der Waals surface area contributed by atoms with E-state index in [2.05, 4.69) is 30.6 Å². The normalized spacial score (nSPS) is 19.8. The molecule has 31 heavy (non-hydrogen) atoms. The largest absolute Gasteiger partial charge is 0.477 e. The maximum absolute atomic E-state index is 12.3. The van der Waals surface area contributed by atoms with Crippen LogP contribution in [0.5, 0.6) is 5.88 Å². The molecule has 0 amide bonds. The van der Waals surface area contributed by atoms with E-state index in [9.17, 15) is 23.5 Å². The molecule has 3 rings (SSSR count). The van der Waals surface area contributed by atoms with Crippen molar-refractivity contribution in [1.29, 1.82) is 5.26 Å². The van der Waals surface area contributed by atoms with Crippen LogP contribution in [0, 0.1) is 16.7 Å². The summed E-state index contributed by atoms with van der Waals surface area (Å²) in [5, 5.41) is 25.4. The summed E-state index contributed by atoms with van der Waals surface area (Å²) in [6, 6.07) is 1.96. The van der Waals surface area contributed by atoms with Crippen LogP contribution in [0.1, 0.15) is 37.8 Å². The number of nitrogens with zero attached hydrogens (tertiary/aromatic N) is 5. The minimum Gasteiger partial charge on any atom is -0.477 e. The molecule has 9 nitrogen and oxygen atoms in total. The van der Waals surface area contributed by atoms with E-state index in [0.717, 1.165) is 0 Å². The van der Waals surface area contributed by atoms with Crippen LogP contribution in [0.3, 0.4) is 0 Å². The van der Waals surface area contributed by atoms with E-state index in [1.165, 1.54) is 18.7 Å². The summed E-state index contributed by atoms with van der Waals surface area (Å²) >= 11 is 0. The van der Waals surface area contributed by atoms with Crippen molar-refractivity contribution in [2.45, 2.75) is 51.6 Å². The van der Waals surface area contributed by atoms with E-state index < -0.39 is 25.3 Å². The Balaban J connectivity index is 1.67. The molecule has 1 saturated carbocycles. The van der Waals surface area contributed by atoms with Crippen molar-refractivity contribution in [3.05, 3.63) is 29.8 Å². The third-order valence-corrected chi connectivity index (χ3v) is 5.24. The topological polar surface area (TPSA) is 129 Å². The van der Waals surface area contributed by atoms with Crippen LogP contribution in [0.15, 0.2) is 18.7 Å². The fraction of sp³-hybridized carbons (Fsp3) is 0.526. The van der Waals surface area contributed by atoms with Crippen molar-refractivity contribution < 1.29 is 23.0 Å². The zero-order valence-electron chi connectivity index (χ0n) is 16.9. The number of nitrogens with one attached hydrogen (secondary N) is 2. The molecule has 2 aromatic heterocycles. The van der Waals surface area contributed by atoms with Crippen molar-refractivity contribution in [2.75, 3.05) is 17.2 Å². The number of aliphatic hydroxyl groups excluding tert-OH is 1. The third kappa shape index (κ3) is 5.49. The van der Waals surface area contributed by atoms with Crippen LogP contribution < -0.4 is 15.4 Å². The molecule has 0 bridgehead atoms. The molecule has 1 aliphatic rings. The smallest absolute Gasteiger partial charge is 0.392 e. The minimum atomic E-state index is -4.32. The van der Waals surface area contributed by atoms with Gasteiger partial charge >= 0.3 is 6.18 Å². The molecule has 1 aliphatic carbocycles. The van der Waals surface area contributed by atoms with E-state index in [-0.39, 0.29) is 35.4 Å². The number of hydrogen-bond donors (Lipinski definition) is 3. The molecular formula is C19H22F3N7O2. The van der Waals surface area contributed by atoms with Gasteiger partial charge in [-0.05, 0) is 6.42 Å². The van der Waals surface area contributed by atoms with Gasteiger partial charge in [0, 0.05) is 24.2 Å². The number of aliphatic hydroxyl groups is 1. The van der Waals surface area contributed by atoms with Gasteiger partial charge in [-0.2, -0.15) is 23.4 Å². The van der Waals surface area contributed by atoms with Gasteiger partial charge < -0.3 is 20.5 Å². The highest BCUT2D eigenvalue weighted by molar-refractivity contribution is 5.54. The quantitative estimate of drug-likeness (QED) is 0.571. The second kappa shape index (κ2) is 8.89. The molecule has 12 heteroatoms. The van der Waals surface area contributed by atoms with Gasteiger partial charge in [-0.1, -0.05) is 13.8 Å². The maximum Gasteiger partial charge on any atom is 0.392 e. The average Bonchev–Trinajstić information content (AvgIpc) is 2.72. The molecule has 2 aromatic rings. The van der Waals surface area contributed by atoms with E-state index in [4.69, 9.17) is 4.74 Å². The Bertz CT molecular complexity index is 962. The fourth-order valence-corrected chi connectivity index (χ4v) is 3.01. The highest BCUT2D eigenvalue weighted by Gasteiger charge is 2.47.